The number of rotatable bonds is 4. The van der Waals surface area contributed by atoms with Gasteiger partial charge in [0.15, 0.2) is 11.6 Å². The van der Waals surface area contributed by atoms with Gasteiger partial charge in [0.25, 0.3) is 0 Å². The Morgan fingerprint density at radius 1 is 0.489 bits per heavy atom. The topological polar surface area (TPSA) is 69.6 Å². The summed E-state index contributed by atoms with van der Waals surface area (Å²) in [5.74, 6) is 1.62. The highest BCUT2D eigenvalue weighted by Crippen LogP contribution is 2.39. The van der Waals surface area contributed by atoms with Crippen molar-refractivity contribution in [2.75, 3.05) is 0 Å². The molecule has 6 nitrogen and oxygen atoms in total. The van der Waals surface area contributed by atoms with Crippen LogP contribution in [0.5, 0.6) is 0 Å². The Hall–Kier alpha value is -6.18. The van der Waals surface area contributed by atoms with Gasteiger partial charge >= 0.3 is 0 Å². The van der Waals surface area contributed by atoms with Crippen LogP contribution in [0.25, 0.3) is 93.3 Å². The fourth-order valence-corrected chi connectivity index (χ4v) is 7.60. The molecule has 4 heterocycles. The summed E-state index contributed by atoms with van der Waals surface area (Å²) in [7, 11) is 0. The Morgan fingerprint density at radius 3 is 1.89 bits per heavy atom. The fraction of sp³-hybridized carbons (Fsp3) is 0. The normalized spacial score (nSPS) is 11.8. The van der Waals surface area contributed by atoms with Crippen molar-refractivity contribution in [1.29, 1.82) is 0 Å². The molecule has 0 radical (unpaired) electrons. The molecule has 0 saturated carbocycles. The van der Waals surface area contributed by atoms with E-state index in [1.165, 1.54) is 0 Å². The minimum absolute atomic E-state index is 0.533. The third kappa shape index (κ3) is 4.03. The van der Waals surface area contributed by atoms with Gasteiger partial charge in [-0.1, -0.05) is 103 Å². The van der Waals surface area contributed by atoms with Gasteiger partial charge in [0, 0.05) is 32.7 Å². The van der Waals surface area contributed by atoms with Gasteiger partial charge in [-0.25, -0.2) is 9.97 Å². The van der Waals surface area contributed by atoms with E-state index in [0.717, 1.165) is 75.7 Å². The highest BCUT2D eigenvalue weighted by molar-refractivity contribution is 7.21. The van der Waals surface area contributed by atoms with Gasteiger partial charge in [0.1, 0.15) is 16.2 Å². The summed E-state index contributed by atoms with van der Waals surface area (Å²) in [6.07, 6.45) is 0. The molecule has 6 aromatic carbocycles. The maximum Gasteiger partial charge on any atom is 0.238 e. The zero-order valence-electron chi connectivity index (χ0n) is 24.8. The number of thiazole rings is 1. The van der Waals surface area contributed by atoms with E-state index in [0.29, 0.717) is 17.6 Å². The highest BCUT2D eigenvalue weighted by Gasteiger charge is 2.21. The van der Waals surface area contributed by atoms with Gasteiger partial charge < -0.3 is 4.42 Å². The van der Waals surface area contributed by atoms with Crippen LogP contribution in [0.2, 0.25) is 0 Å². The maximum atomic E-state index is 6.46. The molecule has 0 aliphatic carbocycles. The molecule has 0 aliphatic heterocycles. The van der Waals surface area contributed by atoms with Crippen LogP contribution in [0, 0.1) is 0 Å². The van der Waals surface area contributed by atoms with Gasteiger partial charge in [-0.05, 0) is 36.4 Å². The number of furan rings is 1. The van der Waals surface area contributed by atoms with E-state index in [2.05, 4.69) is 83.4 Å². The molecular weight excluding hydrogens is 599 g/mol. The first-order chi connectivity index (χ1) is 23.3. The minimum atomic E-state index is 0.533. The van der Waals surface area contributed by atoms with Crippen LogP contribution < -0.4 is 0 Å². The van der Waals surface area contributed by atoms with Crippen molar-refractivity contribution in [2.24, 2.45) is 0 Å². The number of hydrogen-bond donors (Lipinski definition) is 0. The van der Waals surface area contributed by atoms with Crippen LogP contribution in [-0.2, 0) is 0 Å². The lowest BCUT2D eigenvalue weighted by Crippen LogP contribution is -2.06. The predicted octanol–water partition coefficient (Wildman–Crippen LogP) is 10.5. The molecule has 7 heteroatoms. The molecule has 0 N–H and O–H groups in total. The van der Waals surface area contributed by atoms with Crippen molar-refractivity contribution in [3.63, 3.8) is 0 Å². The first-order valence-corrected chi connectivity index (χ1v) is 16.2. The molecule has 0 atom stereocenters. The summed E-state index contributed by atoms with van der Waals surface area (Å²) < 4.78 is 9.66. The standard InChI is InChI=1S/C40H23N5OS/c1-2-12-24(13-3-1)39-41-35-29(18-11-23-34(35)47-39)37-42-38(30-19-10-17-28-27-16-6-9-22-33(27)46-36(28)30)44-40(43-37)45-31-20-7-4-14-25(31)26-15-5-8-21-32(26)45/h1-23H. The van der Waals surface area contributed by atoms with Gasteiger partial charge in [0.05, 0.1) is 26.8 Å². The zero-order valence-corrected chi connectivity index (χ0v) is 25.6. The monoisotopic (exact) mass is 621 g/mol. The third-order valence-electron chi connectivity index (χ3n) is 8.73. The molecule has 0 spiro atoms. The van der Waals surface area contributed by atoms with Gasteiger partial charge in [-0.2, -0.15) is 9.97 Å². The Bertz CT molecular complexity index is 2760. The van der Waals surface area contributed by atoms with Crippen LogP contribution in [-0.4, -0.2) is 24.5 Å². The van der Waals surface area contributed by atoms with E-state index < -0.39 is 0 Å². The molecule has 0 saturated heterocycles. The van der Waals surface area contributed by atoms with E-state index in [-0.39, 0.29) is 0 Å². The summed E-state index contributed by atoms with van der Waals surface area (Å²) in [6.45, 7) is 0. The Kier molecular flexibility index (Phi) is 5.64. The van der Waals surface area contributed by atoms with Crippen LogP contribution >= 0.6 is 11.3 Å². The fourth-order valence-electron chi connectivity index (χ4n) is 6.60. The Balaban J connectivity index is 1.28. The van der Waals surface area contributed by atoms with Crippen molar-refractivity contribution in [3.8, 4) is 39.3 Å². The van der Waals surface area contributed by atoms with Gasteiger partial charge in [0.2, 0.25) is 5.95 Å². The smallest absolute Gasteiger partial charge is 0.238 e. The molecular formula is C40H23N5OS. The number of benzene rings is 6. The summed E-state index contributed by atoms with van der Waals surface area (Å²) in [6, 6.07) is 47.5. The average Bonchev–Trinajstić information content (AvgIpc) is 3.84. The molecule has 0 bridgehead atoms. The summed E-state index contributed by atoms with van der Waals surface area (Å²) >= 11 is 1.67. The lowest BCUT2D eigenvalue weighted by molar-refractivity contribution is 0.669. The highest BCUT2D eigenvalue weighted by atomic mass is 32.1. The first-order valence-electron chi connectivity index (χ1n) is 15.4. The minimum Gasteiger partial charge on any atom is -0.455 e. The second kappa shape index (κ2) is 10.2. The first kappa shape index (κ1) is 26.1. The second-order valence-electron chi connectivity index (χ2n) is 11.5. The van der Waals surface area contributed by atoms with Crippen LogP contribution in [0.15, 0.2) is 144 Å². The van der Waals surface area contributed by atoms with Crippen LogP contribution in [0.1, 0.15) is 0 Å². The average molecular weight is 622 g/mol. The summed E-state index contributed by atoms with van der Waals surface area (Å²) in [4.78, 5) is 20.7. The summed E-state index contributed by atoms with van der Waals surface area (Å²) in [5.41, 5.74) is 7.23. The van der Waals surface area contributed by atoms with E-state index in [4.69, 9.17) is 24.4 Å². The summed E-state index contributed by atoms with van der Waals surface area (Å²) in [5, 5.41) is 5.31. The van der Waals surface area contributed by atoms with Crippen LogP contribution in [0.3, 0.4) is 0 Å². The number of fused-ring (bicyclic) bond motifs is 7. The molecule has 0 unspecified atom stereocenters. The SMILES string of the molecule is c1ccc(-c2nc3c(-c4nc(-c5cccc6c5oc5ccccc56)nc(-n5c6ccccc6c6ccccc65)n4)cccc3s2)cc1. The molecule has 10 aromatic rings. The van der Waals surface area contributed by atoms with Crippen molar-refractivity contribution >= 4 is 65.3 Å². The Labute approximate surface area is 272 Å². The van der Waals surface area contributed by atoms with E-state index in [1.807, 2.05) is 60.7 Å². The number of hydrogen-bond acceptors (Lipinski definition) is 6. The van der Waals surface area contributed by atoms with Crippen molar-refractivity contribution in [1.82, 2.24) is 24.5 Å². The van der Waals surface area contributed by atoms with Gasteiger partial charge in [-0.15, -0.1) is 11.3 Å². The largest absolute Gasteiger partial charge is 0.455 e. The quantitative estimate of drug-likeness (QED) is 0.196. The van der Waals surface area contributed by atoms with Crippen molar-refractivity contribution < 1.29 is 4.42 Å². The number of nitrogens with zero attached hydrogens (tertiary/aromatic N) is 5. The van der Waals surface area contributed by atoms with Crippen molar-refractivity contribution in [2.45, 2.75) is 0 Å². The maximum absolute atomic E-state index is 6.46. The molecule has 0 fully saturated rings. The van der Waals surface area contributed by atoms with Crippen molar-refractivity contribution in [3.05, 3.63) is 140 Å². The second-order valence-corrected chi connectivity index (χ2v) is 12.5. The molecule has 10 rings (SSSR count). The lowest BCUT2D eigenvalue weighted by atomic mass is 10.1. The Morgan fingerprint density at radius 2 is 1.11 bits per heavy atom. The number of aromatic nitrogens is 5. The van der Waals surface area contributed by atoms with Crippen LogP contribution in [0.4, 0.5) is 0 Å². The van der Waals surface area contributed by atoms with E-state index >= 15 is 0 Å². The van der Waals surface area contributed by atoms with E-state index in [9.17, 15) is 0 Å². The zero-order chi connectivity index (χ0) is 30.9. The van der Waals surface area contributed by atoms with Gasteiger partial charge in [-0.3, -0.25) is 4.57 Å². The third-order valence-corrected chi connectivity index (χ3v) is 9.80. The lowest BCUT2D eigenvalue weighted by Gasteiger charge is -2.11. The number of para-hydroxylation sites is 5. The molecule has 0 aliphatic rings. The molecule has 4 aromatic heterocycles. The predicted molar refractivity (Wildman–Crippen MR) is 191 cm³/mol. The molecule has 220 valence electrons. The molecule has 0 amide bonds. The van der Waals surface area contributed by atoms with E-state index in [1.54, 1.807) is 11.3 Å². The molecule has 47 heavy (non-hydrogen) atoms.